The molecule has 1 aromatic carbocycles. The van der Waals surface area contributed by atoms with Crippen molar-refractivity contribution in [2.45, 2.75) is 38.5 Å². The molecule has 122 valence electrons. The molecule has 1 aromatic rings. The largest absolute Gasteiger partial charge is 0.445 e. The Bertz CT molecular complexity index is 458. The van der Waals surface area contributed by atoms with E-state index in [0.717, 1.165) is 31.5 Å². The van der Waals surface area contributed by atoms with E-state index in [1.54, 1.807) is 4.90 Å². The maximum absolute atomic E-state index is 12.5. The van der Waals surface area contributed by atoms with E-state index >= 15 is 0 Å². The lowest BCUT2D eigenvalue weighted by Crippen LogP contribution is -2.51. The minimum Gasteiger partial charge on any atom is -0.445 e. The molecular formula is C17H26N2O3. The third-order valence-corrected chi connectivity index (χ3v) is 4.24. The van der Waals surface area contributed by atoms with Crippen molar-refractivity contribution >= 4 is 6.09 Å². The van der Waals surface area contributed by atoms with Gasteiger partial charge < -0.3 is 19.6 Å². The molecule has 0 radical (unpaired) electrons. The molecule has 2 rings (SSSR count). The molecule has 1 heterocycles. The number of hydrogen-bond acceptors (Lipinski definition) is 4. The number of likely N-dealkylation sites (tertiary alicyclic amines) is 1. The molecule has 0 aromatic heterocycles. The second-order valence-electron chi connectivity index (χ2n) is 6.01. The number of carbonyl (C=O) groups excluding carboxylic acids is 1. The van der Waals surface area contributed by atoms with Crippen LogP contribution < -0.4 is 0 Å². The Kier molecular flexibility index (Phi) is 6.21. The molecule has 0 bridgehead atoms. The lowest BCUT2D eigenvalue weighted by Gasteiger charge is -2.39. The van der Waals surface area contributed by atoms with Crippen LogP contribution in [0.5, 0.6) is 0 Å². The van der Waals surface area contributed by atoms with E-state index < -0.39 is 0 Å². The van der Waals surface area contributed by atoms with Crippen LogP contribution >= 0.6 is 0 Å². The van der Waals surface area contributed by atoms with Gasteiger partial charge in [-0.25, -0.2) is 4.79 Å². The minimum absolute atomic E-state index is 0.0488. The molecule has 1 amide bonds. The van der Waals surface area contributed by atoms with E-state index in [1.807, 2.05) is 37.3 Å². The predicted octanol–water partition coefficient (Wildman–Crippen LogP) is 2.10. The molecule has 1 aliphatic heterocycles. The van der Waals surface area contributed by atoms with Gasteiger partial charge in [-0.2, -0.15) is 0 Å². The summed E-state index contributed by atoms with van der Waals surface area (Å²) in [5.41, 5.74) is 0.968. The number of ether oxygens (including phenoxy) is 1. The molecular weight excluding hydrogens is 280 g/mol. The molecule has 0 saturated carbocycles. The Morgan fingerprint density at radius 1 is 1.36 bits per heavy atom. The summed E-state index contributed by atoms with van der Waals surface area (Å²) in [4.78, 5) is 16.5. The first-order valence-electron chi connectivity index (χ1n) is 7.90. The molecule has 5 nitrogen and oxygen atoms in total. The van der Waals surface area contributed by atoms with Gasteiger partial charge in [0.2, 0.25) is 0 Å². The summed E-state index contributed by atoms with van der Waals surface area (Å²) in [5, 5.41) is 9.46. The van der Waals surface area contributed by atoms with E-state index in [-0.39, 0.29) is 31.4 Å². The van der Waals surface area contributed by atoms with Crippen molar-refractivity contribution in [2.75, 3.05) is 26.7 Å². The lowest BCUT2D eigenvalue weighted by molar-refractivity contribution is 0.0325. The van der Waals surface area contributed by atoms with Crippen LogP contribution in [0, 0.1) is 0 Å². The van der Waals surface area contributed by atoms with E-state index in [4.69, 9.17) is 4.74 Å². The monoisotopic (exact) mass is 306 g/mol. The summed E-state index contributed by atoms with van der Waals surface area (Å²) in [5.74, 6) is 0. The van der Waals surface area contributed by atoms with Crippen LogP contribution in [0.25, 0.3) is 0 Å². The number of piperidine rings is 1. The maximum Gasteiger partial charge on any atom is 0.410 e. The van der Waals surface area contributed by atoms with Crippen molar-refractivity contribution in [3.05, 3.63) is 35.9 Å². The number of hydrogen-bond donors (Lipinski definition) is 1. The van der Waals surface area contributed by atoms with Gasteiger partial charge in [0, 0.05) is 6.04 Å². The Labute approximate surface area is 132 Å². The van der Waals surface area contributed by atoms with Crippen molar-refractivity contribution in [1.29, 1.82) is 0 Å². The molecule has 1 unspecified atom stereocenters. The van der Waals surface area contributed by atoms with Crippen LogP contribution in [0.15, 0.2) is 30.3 Å². The smallest absolute Gasteiger partial charge is 0.410 e. The fourth-order valence-corrected chi connectivity index (χ4v) is 2.84. The molecule has 1 aliphatic rings. The van der Waals surface area contributed by atoms with E-state index in [1.165, 1.54) is 0 Å². The van der Waals surface area contributed by atoms with Crippen molar-refractivity contribution in [3.8, 4) is 0 Å². The third kappa shape index (κ3) is 4.45. The Hall–Kier alpha value is -1.59. The highest BCUT2D eigenvalue weighted by molar-refractivity contribution is 5.68. The molecule has 1 saturated heterocycles. The number of amides is 1. The van der Waals surface area contributed by atoms with Gasteiger partial charge in [0.1, 0.15) is 6.61 Å². The standard InChI is InChI=1S/C17H26N2O3/c1-14(12-20)19(16-8-10-18(2)11-9-16)17(21)22-13-15-6-4-3-5-7-15/h3-7,14,16,20H,8-13H2,1-2H3. The van der Waals surface area contributed by atoms with Crippen molar-refractivity contribution in [3.63, 3.8) is 0 Å². The van der Waals surface area contributed by atoms with Gasteiger partial charge in [0.05, 0.1) is 12.6 Å². The second kappa shape index (κ2) is 8.15. The average Bonchev–Trinajstić information content (AvgIpc) is 2.55. The van der Waals surface area contributed by atoms with Crippen LogP contribution in [0.1, 0.15) is 25.3 Å². The Morgan fingerprint density at radius 3 is 2.59 bits per heavy atom. The van der Waals surface area contributed by atoms with Crippen LogP contribution in [0.3, 0.4) is 0 Å². The Balaban J connectivity index is 1.97. The quantitative estimate of drug-likeness (QED) is 0.905. The number of rotatable bonds is 5. The first kappa shape index (κ1) is 16.8. The zero-order valence-electron chi connectivity index (χ0n) is 13.4. The highest BCUT2D eigenvalue weighted by Gasteiger charge is 2.31. The van der Waals surface area contributed by atoms with Crippen molar-refractivity contribution < 1.29 is 14.6 Å². The summed E-state index contributed by atoms with van der Waals surface area (Å²) in [6.45, 7) is 4.01. The van der Waals surface area contributed by atoms with Crippen LogP contribution in [0.4, 0.5) is 4.79 Å². The van der Waals surface area contributed by atoms with Gasteiger partial charge in [-0.15, -0.1) is 0 Å². The predicted molar refractivity (Wildman–Crippen MR) is 85.5 cm³/mol. The van der Waals surface area contributed by atoms with Crippen LogP contribution in [0.2, 0.25) is 0 Å². The zero-order chi connectivity index (χ0) is 15.9. The lowest BCUT2D eigenvalue weighted by atomic mass is 10.0. The summed E-state index contributed by atoms with van der Waals surface area (Å²) in [6.07, 6.45) is 1.50. The van der Waals surface area contributed by atoms with Gasteiger partial charge in [-0.1, -0.05) is 30.3 Å². The van der Waals surface area contributed by atoms with E-state index in [2.05, 4.69) is 11.9 Å². The first-order chi connectivity index (χ1) is 10.6. The van der Waals surface area contributed by atoms with Gasteiger partial charge in [0.15, 0.2) is 0 Å². The van der Waals surface area contributed by atoms with Gasteiger partial charge in [-0.3, -0.25) is 0 Å². The molecule has 1 N–H and O–H groups in total. The maximum atomic E-state index is 12.5. The fourth-order valence-electron chi connectivity index (χ4n) is 2.84. The van der Waals surface area contributed by atoms with Crippen LogP contribution in [-0.2, 0) is 11.3 Å². The first-order valence-corrected chi connectivity index (χ1v) is 7.90. The molecule has 0 aliphatic carbocycles. The van der Waals surface area contributed by atoms with Crippen molar-refractivity contribution in [2.24, 2.45) is 0 Å². The fraction of sp³-hybridized carbons (Fsp3) is 0.588. The number of carbonyl (C=O) groups is 1. The number of nitrogens with zero attached hydrogens (tertiary/aromatic N) is 2. The third-order valence-electron chi connectivity index (χ3n) is 4.24. The van der Waals surface area contributed by atoms with Crippen molar-refractivity contribution in [1.82, 2.24) is 9.80 Å². The average molecular weight is 306 g/mol. The minimum atomic E-state index is -0.333. The molecule has 1 fully saturated rings. The molecule has 1 atom stereocenters. The van der Waals surface area contributed by atoms with Crippen LogP contribution in [-0.4, -0.2) is 59.8 Å². The highest BCUT2D eigenvalue weighted by atomic mass is 16.6. The summed E-state index contributed by atoms with van der Waals surface area (Å²) < 4.78 is 5.46. The van der Waals surface area contributed by atoms with Gasteiger partial charge in [-0.05, 0) is 45.5 Å². The molecule has 5 heteroatoms. The van der Waals surface area contributed by atoms with Gasteiger partial charge in [0.25, 0.3) is 0 Å². The molecule has 0 spiro atoms. The number of benzene rings is 1. The summed E-state index contributed by atoms with van der Waals surface area (Å²) in [6, 6.07) is 9.57. The van der Waals surface area contributed by atoms with E-state index in [9.17, 15) is 9.90 Å². The number of aliphatic hydroxyl groups is 1. The molecule has 22 heavy (non-hydrogen) atoms. The summed E-state index contributed by atoms with van der Waals surface area (Å²) in [7, 11) is 2.09. The Morgan fingerprint density at radius 2 is 2.00 bits per heavy atom. The SMILES string of the molecule is CC(CO)N(C(=O)OCc1ccccc1)C1CCN(C)CC1. The normalized spacial score (nSPS) is 18.0. The summed E-state index contributed by atoms with van der Waals surface area (Å²) >= 11 is 0. The van der Waals surface area contributed by atoms with E-state index in [0.29, 0.717) is 0 Å². The van der Waals surface area contributed by atoms with Gasteiger partial charge >= 0.3 is 6.09 Å². The number of aliphatic hydroxyl groups excluding tert-OH is 1. The zero-order valence-corrected chi connectivity index (χ0v) is 13.4. The highest BCUT2D eigenvalue weighted by Crippen LogP contribution is 2.19. The second-order valence-corrected chi connectivity index (χ2v) is 6.01. The topological polar surface area (TPSA) is 53.0 Å².